The molecule has 3 nitrogen and oxygen atoms in total. The van der Waals surface area contributed by atoms with Crippen LogP contribution in [-0.4, -0.2) is 44.9 Å². The third-order valence-corrected chi connectivity index (χ3v) is 4.06. The van der Waals surface area contributed by atoms with Gasteiger partial charge in [0.15, 0.2) is 0 Å². The highest BCUT2D eigenvalue weighted by Gasteiger charge is 2.25. The summed E-state index contributed by atoms with van der Waals surface area (Å²) in [4.78, 5) is 2.42. The van der Waals surface area contributed by atoms with Gasteiger partial charge in [0.1, 0.15) is 0 Å². The first kappa shape index (κ1) is 15.0. The number of halogens is 1. The van der Waals surface area contributed by atoms with Crippen molar-refractivity contribution < 1.29 is 9.31 Å². The van der Waals surface area contributed by atoms with E-state index in [0.717, 1.165) is 42.8 Å². The SMILES string of the molecule is CCCCN1CCOB(c2ccccc2Br)OCC1. The second kappa shape index (κ2) is 8.05. The zero-order valence-corrected chi connectivity index (χ0v) is 13.1. The second-order valence-electron chi connectivity index (χ2n) is 4.79. The monoisotopic (exact) mass is 325 g/mol. The first-order valence-electron chi connectivity index (χ1n) is 7.01. The van der Waals surface area contributed by atoms with Gasteiger partial charge in [-0.15, -0.1) is 0 Å². The molecule has 0 amide bonds. The van der Waals surface area contributed by atoms with Gasteiger partial charge in [-0.05, 0) is 24.5 Å². The highest BCUT2D eigenvalue weighted by Crippen LogP contribution is 2.09. The summed E-state index contributed by atoms with van der Waals surface area (Å²) < 4.78 is 12.8. The van der Waals surface area contributed by atoms with E-state index < -0.39 is 0 Å². The van der Waals surface area contributed by atoms with Gasteiger partial charge in [-0.2, -0.15) is 0 Å². The predicted octanol–water partition coefficient (Wildman–Crippen LogP) is 2.29. The van der Waals surface area contributed by atoms with E-state index in [0.29, 0.717) is 0 Å². The van der Waals surface area contributed by atoms with Crippen molar-refractivity contribution in [3.63, 3.8) is 0 Å². The van der Waals surface area contributed by atoms with Gasteiger partial charge >= 0.3 is 7.12 Å². The highest BCUT2D eigenvalue weighted by atomic mass is 79.9. The molecule has 0 saturated carbocycles. The summed E-state index contributed by atoms with van der Waals surface area (Å²) in [5.74, 6) is 0. The standard InChI is InChI=1S/C14H21BBrNO2/c1-2-3-8-17-9-11-18-15(19-12-10-17)13-6-4-5-7-14(13)16/h4-7H,2-3,8-12H2,1H3. The first-order valence-corrected chi connectivity index (χ1v) is 7.80. The molecule has 0 bridgehead atoms. The molecule has 2 rings (SSSR count). The number of hydrogen-bond donors (Lipinski definition) is 0. The number of hydrogen-bond acceptors (Lipinski definition) is 3. The molecule has 1 heterocycles. The van der Waals surface area contributed by atoms with Gasteiger partial charge in [0.25, 0.3) is 0 Å². The fourth-order valence-corrected chi connectivity index (χ4v) is 2.66. The van der Waals surface area contributed by atoms with Crippen molar-refractivity contribution in [2.24, 2.45) is 0 Å². The molecule has 0 aliphatic carbocycles. The number of benzene rings is 1. The molecule has 1 fully saturated rings. The van der Waals surface area contributed by atoms with E-state index in [1.807, 2.05) is 24.3 Å². The minimum atomic E-state index is -0.246. The normalized spacial score (nSPS) is 18.1. The Morgan fingerprint density at radius 3 is 2.53 bits per heavy atom. The fraction of sp³-hybridized carbons (Fsp3) is 0.571. The lowest BCUT2D eigenvalue weighted by Crippen LogP contribution is -2.45. The molecule has 0 N–H and O–H groups in total. The van der Waals surface area contributed by atoms with Gasteiger partial charge in [0.05, 0.1) is 0 Å². The van der Waals surface area contributed by atoms with E-state index in [1.54, 1.807) is 0 Å². The van der Waals surface area contributed by atoms with Crippen molar-refractivity contribution in [3.05, 3.63) is 28.7 Å². The molecule has 1 aliphatic rings. The van der Waals surface area contributed by atoms with Crippen LogP contribution in [0.15, 0.2) is 28.7 Å². The van der Waals surface area contributed by atoms with Crippen LogP contribution in [0.2, 0.25) is 0 Å². The summed E-state index contributed by atoms with van der Waals surface area (Å²) in [6.07, 6.45) is 2.48. The molecular formula is C14H21BBrNO2. The Hall–Kier alpha value is -0.355. The lowest BCUT2D eigenvalue weighted by Gasteiger charge is -2.27. The van der Waals surface area contributed by atoms with Crippen molar-refractivity contribution in [1.29, 1.82) is 0 Å². The average molecular weight is 326 g/mol. The van der Waals surface area contributed by atoms with E-state index in [-0.39, 0.29) is 7.12 Å². The third-order valence-electron chi connectivity index (χ3n) is 3.34. The summed E-state index contributed by atoms with van der Waals surface area (Å²) in [5, 5.41) is 0. The summed E-state index contributed by atoms with van der Waals surface area (Å²) >= 11 is 3.55. The van der Waals surface area contributed by atoms with E-state index >= 15 is 0 Å². The Morgan fingerprint density at radius 1 is 1.21 bits per heavy atom. The Morgan fingerprint density at radius 2 is 1.89 bits per heavy atom. The summed E-state index contributed by atoms with van der Waals surface area (Å²) in [6.45, 7) is 6.78. The summed E-state index contributed by atoms with van der Waals surface area (Å²) in [6, 6.07) is 8.09. The second-order valence-corrected chi connectivity index (χ2v) is 5.64. The molecule has 0 aromatic heterocycles. The van der Waals surface area contributed by atoms with Crippen LogP contribution >= 0.6 is 15.9 Å². The number of nitrogens with zero attached hydrogens (tertiary/aromatic N) is 1. The van der Waals surface area contributed by atoms with Gasteiger partial charge < -0.3 is 9.31 Å². The third kappa shape index (κ3) is 4.60. The Bertz CT molecular complexity index is 381. The van der Waals surface area contributed by atoms with Crippen LogP contribution in [0.25, 0.3) is 0 Å². The zero-order valence-electron chi connectivity index (χ0n) is 11.5. The lowest BCUT2D eigenvalue weighted by molar-refractivity contribution is 0.115. The van der Waals surface area contributed by atoms with Gasteiger partial charge in [0.2, 0.25) is 0 Å². The van der Waals surface area contributed by atoms with Crippen molar-refractivity contribution in [3.8, 4) is 0 Å². The minimum Gasteiger partial charge on any atom is -0.406 e. The van der Waals surface area contributed by atoms with Crippen LogP contribution in [0.3, 0.4) is 0 Å². The molecule has 19 heavy (non-hydrogen) atoms. The quantitative estimate of drug-likeness (QED) is 0.793. The van der Waals surface area contributed by atoms with Crippen molar-refractivity contribution in [2.75, 3.05) is 32.8 Å². The number of rotatable bonds is 4. The van der Waals surface area contributed by atoms with Gasteiger partial charge in [-0.3, -0.25) is 4.90 Å². The predicted molar refractivity (Wildman–Crippen MR) is 82.8 cm³/mol. The maximum atomic E-state index is 5.87. The summed E-state index contributed by atoms with van der Waals surface area (Å²) in [5.41, 5.74) is 1.07. The van der Waals surface area contributed by atoms with E-state index in [2.05, 4.69) is 27.8 Å². The van der Waals surface area contributed by atoms with Crippen LogP contribution in [0.4, 0.5) is 0 Å². The van der Waals surface area contributed by atoms with E-state index in [9.17, 15) is 0 Å². The summed E-state index contributed by atoms with van der Waals surface area (Å²) in [7, 11) is -0.246. The molecule has 5 heteroatoms. The minimum absolute atomic E-state index is 0.246. The van der Waals surface area contributed by atoms with Crippen LogP contribution in [0, 0.1) is 0 Å². The van der Waals surface area contributed by atoms with E-state index in [1.165, 1.54) is 12.8 Å². The lowest BCUT2D eigenvalue weighted by atomic mass is 9.78. The van der Waals surface area contributed by atoms with Crippen LogP contribution in [-0.2, 0) is 9.31 Å². The van der Waals surface area contributed by atoms with Gasteiger partial charge in [-0.25, -0.2) is 0 Å². The Labute approximate surface area is 124 Å². The molecule has 1 aliphatic heterocycles. The molecule has 1 saturated heterocycles. The molecule has 0 unspecified atom stereocenters. The van der Waals surface area contributed by atoms with Crippen molar-refractivity contribution >= 4 is 28.5 Å². The molecular weight excluding hydrogens is 305 g/mol. The molecule has 1 aromatic carbocycles. The molecule has 1 aromatic rings. The zero-order chi connectivity index (χ0) is 13.5. The molecule has 0 atom stereocenters. The Kier molecular flexibility index (Phi) is 6.37. The van der Waals surface area contributed by atoms with Gasteiger partial charge in [0, 0.05) is 30.8 Å². The Balaban J connectivity index is 1.89. The highest BCUT2D eigenvalue weighted by molar-refractivity contribution is 9.10. The van der Waals surface area contributed by atoms with Crippen molar-refractivity contribution in [2.45, 2.75) is 19.8 Å². The molecule has 0 radical (unpaired) electrons. The van der Waals surface area contributed by atoms with Crippen LogP contribution in [0.5, 0.6) is 0 Å². The smallest absolute Gasteiger partial charge is 0.406 e. The fourth-order valence-electron chi connectivity index (χ4n) is 2.19. The van der Waals surface area contributed by atoms with Crippen molar-refractivity contribution in [1.82, 2.24) is 4.90 Å². The maximum Gasteiger partial charge on any atom is 0.495 e. The largest absolute Gasteiger partial charge is 0.495 e. The first-order chi connectivity index (χ1) is 9.31. The number of unbranched alkanes of at least 4 members (excludes halogenated alkanes) is 1. The van der Waals surface area contributed by atoms with Gasteiger partial charge in [-0.1, -0.05) is 47.5 Å². The van der Waals surface area contributed by atoms with Crippen LogP contribution in [0.1, 0.15) is 19.8 Å². The average Bonchev–Trinajstić information content (AvgIpc) is 2.39. The van der Waals surface area contributed by atoms with E-state index in [4.69, 9.17) is 9.31 Å². The molecule has 104 valence electrons. The molecule has 0 spiro atoms. The maximum absolute atomic E-state index is 5.87. The topological polar surface area (TPSA) is 21.7 Å². The van der Waals surface area contributed by atoms with Crippen LogP contribution < -0.4 is 5.46 Å².